The van der Waals surface area contributed by atoms with Crippen molar-refractivity contribution in [3.63, 3.8) is 0 Å². The van der Waals surface area contributed by atoms with Gasteiger partial charge in [0.1, 0.15) is 5.75 Å². The number of hydrogen-bond donors (Lipinski definition) is 1. The molecule has 1 aromatic heterocycles. The standard InChI is InChI=1S/C17H16N2O2S/c1-11-18-15-10-13(5-8-16(15)22-11)19-17(20)9-12-3-6-14(21-2)7-4-12/h3-8,10H,9H2,1-2H3,(H,19,20). The highest BCUT2D eigenvalue weighted by atomic mass is 32.1. The molecule has 0 bridgehead atoms. The maximum Gasteiger partial charge on any atom is 0.228 e. The van der Waals surface area contributed by atoms with Crippen LogP contribution in [0.4, 0.5) is 5.69 Å². The molecule has 1 amide bonds. The smallest absolute Gasteiger partial charge is 0.228 e. The fourth-order valence-electron chi connectivity index (χ4n) is 2.25. The van der Waals surface area contributed by atoms with E-state index in [1.165, 1.54) is 0 Å². The van der Waals surface area contributed by atoms with Crippen LogP contribution < -0.4 is 10.1 Å². The Morgan fingerprint density at radius 2 is 2.00 bits per heavy atom. The molecule has 0 unspecified atom stereocenters. The first-order valence-electron chi connectivity index (χ1n) is 6.94. The Kier molecular flexibility index (Phi) is 4.06. The van der Waals surface area contributed by atoms with Crippen LogP contribution in [0, 0.1) is 6.92 Å². The fraction of sp³-hybridized carbons (Fsp3) is 0.176. The normalized spacial score (nSPS) is 10.6. The van der Waals surface area contributed by atoms with Gasteiger partial charge in [0.2, 0.25) is 5.91 Å². The molecule has 3 aromatic rings. The van der Waals surface area contributed by atoms with E-state index in [2.05, 4.69) is 10.3 Å². The Hall–Kier alpha value is -2.40. The average molecular weight is 312 g/mol. The third-order valence-corrected chi connectivity index (χ3v) is 4.25. The van der Waals surface area contributed by atoms with Gasteiger partial charge in [0.25, 0.3) is 0 Å². The van der Waals surface area contributed by atoms with Crippen molar-refractivity contribution in [2.24, 2.45) is 0 Å². The highest BCUT2D eigenvalue weighted by Crippen LogP contribution is 2.24. The van der Waals surface area contributed by atoms with E-state index >= 15 is 0 Å². The first-order chi connectivity index (χ1) is 10.6. The van der Waals surface area contributed by atoms with Crippen molar-refractivity contribution in [1.82, 2.24) is 4.98 Å². The fourth-order valence-corrected chi connectivity index (χ4v) is 3.06. The molecule has 1 N–H and O–H groups in total. The summed E-state index contributed by atoms with van der Waals surface area (Å²) < 4.78 is 6.24. The molecule has 5 heteroatoms. The van der Waals surface area contributed by atoms with Crippen molar-refractivity contribution in [2.45, 2.75) is 13.3 Å². The van der Waals surface area contributed by atoms with Gasteiger partial charge in [0.15, 0.2) is 0 Å². The van der Waals surface area contributed by atoms with Crippen LogP contribution in [-0.2, 0) is 11.2 Å². The molecule has 2 aromatic carbocycles. The van der Waals surface area contributed by atoms with E-state index < -0.39 is 0 Å². The van der Waals surface area contributed by atoms with E-state index in [1.54, 1.807) is 18.4 Å². The van der Waals surface area contributed by atoms with Gasteiger partial charge in [-0.1, -0.05) is 12.1 Å². The van der Waals surface area contributed by atoms with Gasteiger partial charge < -0.3 is 10.1 Å². The van der Waals surface area contributed by atoms with Crippen LogP contribution in [0.5, 0.6) is 5.75 Å². The number of amides is 1. The van der Waals surface area contributed by atoms with Gasteiger partial charge in [0, 0.05) is 5.69 Å². The lowest BCUT2D eigenvalue weighted by Crippen LogP contribution is -2.14. The van der Waals surface area contributed by atoms with Crippen molar-refractivity contribution in [3.8, 4) is 5.75 Å². The number of nitrogens with zero attached hydrogens (tertiary/aromatic N) is 1. The van der Waals surface area contributed by atoms with Crippen molar-refractivity contribution in [1.29, 1.82) is 0 Å². The molecule has 22 heavy (non-hydrogen) atoms. The molecule has 0 aliphatic heterocycles. The summed E-state index contributed by atoms with van der Waals surface area (Å²) in [6, 6.07) is 13.3. The van der Waals surface area contributed by atoms with Crippen molar-refractivity contribution >= 4 is 33.1 Å². The number of methoxy groups -OCH3 is 1. The zero-order valence-corrected chi connectivity index (χ0v) is 13.2. The molecular weight excluding hydrogens is 296 g/mol. The number of fused-ring (bicyclic) bond motifs is 1. The zero-order valence-electron chi connectivity index (χ0n) is 12.4. The summed E-state index contributed by atoms with van der Waals surface area (Å²) in [5.41, 5.74) is 2.64. The molecule has 0 radical (unpaired) electrons. The number of benzene rings is 2. The summed E-state index contributed by atoms with van der Waals surface area (Å²) >= 11 is 1.65. The quantitative estimate of drug-likeness (QED) is 0.797. The zero-order chi connectivity index (χ0) is 15.5. The Morgan fingerprint density at radius 3 is 2.73 bits per heavy atom. The van der Waals surface area contributed by atoms with Crippen LogP contribution in [0.25, 0.3) is 10.2 Å². The van der Waals surface area contributed by atoms with Gasteiger partial charge >= 0.3 is 0 Å². The number of ether oxygens (including phenoxy) is 1. The lowest BCUT2D eigenvalue weighted by molar-refractivity contribution is -0.115. The minimum atomic E-state index is -0.0449. The second-order valence-electron chi connectivity index (χ2n) is 4.99. The molecule has 0 aliphatic carbocycles. The number of rotatable bonds is 4. The largest absolute Gasteiger partial charge is 0.497 e. The summed E-state index contributed by atoms with van der Waals surface area (Å²) in [4.78, 5) is 16.6. The molecular formula is C17H16N2O2S. The van der Waals surface area contributed by atoms with E-state index in [-0.39, 0.29) is 5.91 Å². The highest BCUT2D eigenvalue weighted by molar-refractivity contribution is 7.18. The summed E-state index contributed by atoms with van der Waals surface area (Å²) in [5.74, 6) is 0.741. The number of nitrogens with one attached hydrogen (secondary N) is 1. The van der Waals surface area contributed by atoms with Crippen LogP contribution >= 0.6 is 11.3 Å². The van der Waals surface area contributed by atoms with Gasteiger partial charge in [-0.25, -0.2) is 4.98 Å². The van der Waals surface area contributed by atoms with Crippen molar-refractivity contribution in [2.75, 3.05) is 12.4 Å². The van der Waals surface area contributed by atoms with E-state index in [0.717, 1.165) is 32.2 Å². The minimum Gasteiger partial charge on any atom is -0.497 e. The first kappa shape index (κ1) is 14.5. The van der Waals surface area contributed by atoms with Crippen molar-refractivity contribution < 1.29 is 9.53 Å². The predicted molar refractivity (Wildman–Crippen MR) is 89.7 cm³/mol. The monoisotopic (exact) mass is 312 g/mol. The number of carbonyl (C=O) groups excluding carboxylic acids is 1. The van der Waals surface area contributed by atoms with E-state index in [0.29, 0.717) is 6.42 Å². The van der Waals surface area contributed by atoms with Crippen LogP contribution in [0.3, 0.4) is 0 Å². The van der Waals surface area contributed by atoms with Gasteiger partial charge in [-0.15, -0.1) is 11.3 Å². The molecule has 1 heterocycles. The number of carbonyl (C=O) groups is 1. The Labute approximate surface area is 132 Å². The van der Waals surface area contributed by atoms with Gasteiger partial charge in [-0.3, -0.25) is 4.79 Å². The van der Waals surface area contributed by atoms with E-state index in [4.69, 9.17) is 4.74 Å². The molecule has 0 saturated heterocycles. The van der Waals surface area contributed by atoms with Crippen LogP contribution in [0.15, 0.2) is 42.5 Å². The van der Waals surface area contributed by atoms with Crippen LogP contribution in [0.2, 0.25) is 0 Å². The number of thiazole rings is 1. The maximum absolute atomic E-state index is 12.1. The van der Waals surface area contributed by atoms with Crippen molar-refractivity contribution in [3.05, 3.63) is 53.0 Å². The van der Waals surface area contributed by atoms with Gasteiger partial charge in [-0.2, -0.15) is 0 Å². The lowest BCUT2D eigenvalue weighted by atomic mass is 10.1. The maximum atomic E-state index is 12.1. The molecule has 0 spiro atoms. The summed E-state index contributed by atoms with van der Waals surface area (Å²) in [6.07, 6.45) is 0.331. The van der Waals surface area contributed by atoms with Crippen LogP contribution in [-0.4, -0.2) is 18.0 Å². The Morgan fingerprint density at radius 1 is 1.23 bits per heavy atom. The second kappa shape index (κ2) is 6.15. The number of aromatic nitrogens is 1. The summed E-state index contributed by atoms with van der Waals surface area (Å²) in [6.45, 7) is 1.98. The average Bonchev–Trinajstić information content (AvgIpc) is 2.87. The first-order valence-corrected chi connectivity index (χ1v) is 7.75. The summed E-state index contributed by atoms with van der Waals surface area (Å²) in [5, 5.41) is 3.94. The predicted octanol–water partition coefficient (Wildman–Crippen LogP) is 3.79. The molecule has 112 valence electrons. The topological polar surface area (TPSA) is 51.2 Å². The van der Waals surface area contributed by atoms with Crippen LogP contribution in [0.1, 0.15) is 10.6 Å². The Balaban J connectivity index is 1.69. The van der Waals surface area contributed by atoms with E-state index in [1.807, 2.05) is 49.4 Å². The van der Waals surface area contributed by atoms with Gasteiger partial charge in [-0.05, 0) is 42.8 Å². The number of aryl methyl sites for hydroxylation is 1. The molecule has 4 nitrogen and oxygen atoms in total. The second-order valence-corrected chi connectivity index (χ2v) is 6.22. The van der Waals surface area contributed by atoms with Gasteiger partial charge in [0.05, 0.1) is 28.8 Å². The molecule has 0 aliphatic rings. The minimum absolute atomic E-state index is 0.0449. The third kappa shape index (κ3) is 3.26. The molecule has 0 fully saturated rings. The third-order valence-electron chi connectivity index (χ3n) is 3.30. The summed E-state index contributed by atoms with van der Waals surface area (Å²) in [7, 11) is 1.62. The van der Waals surface area contributed by atoms with E-state index in [9.17, 15) is 4.79 Å². The molecule has 0 saturated carbocycles. The number of hydrogen-bond acceptors (Lipinski definition) is 4. The lowest BCUT2D eigenvalue weighted by Gasteiger charge is -2.06. The molecule has 0 atom stereocenters. The Bertz CT molecular complexity index is 809. The molecule has 3 rings (SSSR count). The SMILES string of the molecule is COc1ccc(CC(=O)Nc2ccc3sc(C)nc3c2)cc1. The highest BCUT2D eigenvalue weighted by Gasteiger charge is 2.07. The number of anilines is 1.